The van der Waals surface area contributed by atoms with Gasteiger partial charge in [-0.05, 0) is 6.92 Å². The fourth-order valence-corrected chi connectivity index (χ4v) is 0.887. The third-order valence-corrected chi connectivity index (χ3v) is 1.65. The summed E-state index contributed by atoms with van der Waals surface area (Å²) in [4.78, 5) is 14.1. The third-order valence-electron chi connectivity index (χ3n) is 1.34. The van der Waals surface area contributed by atoms with E-state index in [0.717, 1.165) is 0 Å². The molecule has 1 heterocycles. The second kappa shape index (κ2) is 2.88. The first-order valence-corrected chi connectivity index (χ1v) is 3.34. The summed E-state index contributed by atoms with van der Waals surface area (Å²) >= 11 is 5.55. The van der Waals surface area contributed by atoms with E-state index in [4.69, 9.17) is 11.6 Å². The van der Waals surface area contributed by atoms with Crippen LogP contribution in [0.4, 0.5) is 0 Å². The van der Waals surface area contributed by atoms with Crippen LogP contribution in [-0.4, -0.2) is 16.4 Å². The maximum absolute atomic E-state index is 10.3. The number of aryl methyl sites for hydroxylation is 1. The fourth-order valence-electron chi connectivity index (χ4n) is 0.704. The molecule has 0 aromatic carbocycles. The summed E-state index contributed by atoms with van der Waals surface area (Å²) < 4.78 is 0. The van der Waals surface area contributed by atoms with Crippen molar-refractivity contribution in [1.82, 2.24) is 4.98 Å². The largest absolute Gasteiger partial charge is 0.505 e. The maximum Gasteiger partial charge on any atom is 0.155 e. The number of aldehydes is 1. The summed E-state index contributed by atoms with van der Waals surface area (Å²) in [7, 11) is 0. The van der Waals surface area contributed by atoms with Crippen molar-refractivity contribution >= 4 is 17.9 Å². The normalized spacial score (nSPS) is 9.64. The maximum atomic E-state index is 10.3. The summed E-state index contributed by atoms with van der Waals surface area (Å²) in [5, 5.41) is 9.37. The van der Waals surface area contributed by atoms with Crippen LogP contribution in [0.5, 0.6) is 5.75 Å². The smallest absolute Gasteiger partial charge is 0.155 e. The molecular formula is C7H6ClNO2. The summed E-state index contributed by atoms with van der Waals surface area (Å²) in [5.41, 5.74) is 0.496. The van der Waals surface area contributed by atoms with Gasteiger partial charge in [-0.25, -0.2) is 0 Å². The Morgan fingerprint density at radius 2 is 2.36 bits per heavy atom. The molecule has 0 saturated heterocycles. The Morgan fingerprint density at radius 1 is 1.73 bits per heavy atom. The number of hydrogen-bond donors (Lipinski definition) is 1. The average Bonchev–Trinajstić information content (AvgIpc) is 1.99. The van der Waals surface area contributed by atoms with Crippen LogP contribution < -0.4 is 0 Å². The Bertz CT molecular complexity index is 299. The predicted molar refractivity (Wildman–Crippen MR) is 41.0 cm³/mol. The minimum Gasteiger partial charge on any atom is -0.505 e. The van der Waals surface area contributed by atoms with Crippen LogP contribution in [0.3, 0.4) is 0 Å². The molecule has 0 aliphatic rings. The molecule has 1 N–H and O–H groups in total. The standard InChI is InChI=1S/C7H6ClNO2/c1-4-7(11)5(3-10)6(8)2-9-4/h2-3,11H,1H3. The van der Waals surface area contributed by atoms with E-state index in [0.29, 0.717) is 12.0 Å². The van der Waals surface area contributed by atoms with Gasteiger partial charge < -0.3 is 5.11 Å². The molecule has 1 aromatic rings. The lowest BCUT2D eigenvalue weighted by Crippen LogP contribution is -1.89. The second-order valence-electron chi connectivity index (χ2n) is 2.07. The number of rotatable bonds is 1. The Labute approximate surface area is 68.6 Å². The van der Waals surface area contributed by atoms with Gasteiger partial charge in [0.1, 0.15) is 5.75 Å². The van der Waals surface area contributed by atoms with Crippen molar-refractivity contribution in [3.8, 4) is 5.75 Å². The van der Waals surface area contributed by atoms with Crippen LogP contribution in [-0.2, 0) is 0 Å². The molecule has 0 radical (unpaired) electrons. The lowest BCUT2D eigenvalue weighted by atomic mass is 10.2. The van der Waals surface area contributed by atoms with Crippen LogP contribution in [0.2, 0.25) is 5.02 Å². The van der Waals surface area contributed by atoms with E-state index in [1.807, 2.05) is 0 Å². The van der Waals surface area contributed by atoms with Gasteiger partial charge in [0.05, 0.1) is 16.3 Å². The van der Waals surface area contributed by atoms with Crippen LogP contribution in [0.15, 0.2) is 6.20 Å². The molecule has 4 heteroatoms. The highest BCUT2D eigenvalue weighted by Gasteiger charge is 2.08. The molecule has 3 nitrogen and oxygen atoms in total. The van der Waals surface area contributed by atoms with Crippen molar-refractivity contribution in [2.75, 3.05) is 0 Å². The Kier molecular flexibility index (Phi) is 2.10. The van der Waals surface area contributed by atoms with Gasteiger partial charge in [0.25, 0.3) is 0 Å². The monoisotopic (exact) mass is 171 g/mol. The topological polar surface area (TPSA) is 50.2 Å². The molecule has 0 amide bonds. The summed E-state index contributed by atoms with van der Waals surface area (Å²) in [6.45, 7) is 1.60. The van der Waals surface area contributed by atoms with Gasteiger partial charge in [-0.15, -0.1) is 0 Å². The highest BCUT2D eigenvalue weighted by molar-refractivity contribution is 6.33. The average molecular weight is 172 g/mol. The molecule has 0 atom stereocenters. The highest BCUT2D eigenvalue weighted by atomic mass is 35.5. The number of aromatic hydroxyl groups is 1. The van der Waals surface area contributed by atoms with Crippen LogP contribution in [0.1, 0.15) is 16.1 Å². The van der Waals surface area contributed by atoms with Crippen LogP contribution >= 0.6 is 11.6 Å². The van der Waals surface area contributed by atoms with Gasteiger partial charge in [-0.2, -0.15) is 0 Å². The molecule has 1 rings (SSSR count). The quantitative estimate of drug-likeness (QED) is 0.653. The van der Waals surface area contributed by atoms with Gasteiger partial charge in [0.15, 0.2) is 6.29 Å². The van der Waals surface area contributed by atoms with E-state index in [1.165, 1.54) is 6.20 Å². The number of halogens is 1. The zero-order valence-corrected chi connectivity index (χ0v) is 6.59. The van der Waals surface area contributed by atoms with Gasteiger partial charge in [-0.1, -0.05) is 11.6 Å². The molecule has 58 valence electrons. The molecule has 0 saturated carbocycles. The summed E-state index contributed by atoms with van der Waals surface area (Å²) in [6.07, 6.45) is 1.84. The van der Waals surface area contributed by atoms with E-state index < -0.39 is 0 Å². The lowest BCUT2D eigenvalue weighted by molar-refractivity contribution is 0.112. The van der Waals surface area contributed by atoms with Gasteiger partial charge in [-0.3, -0.25) is 9.78 Å². The number of pyridine rings is 1. The van der Waals surface area contributed by atoms with Crippen LogP contribution in [0, 0.1) is 6.92 Å². The lowest BCUT2D eigenvalue weighted by Gasteiger charge is -2.00. The summed E-state index contributed by atoms with van der Waals surface area (Å²) in [6, 6.07) is 0. The minimum absolute atomic E-state index is 0.0965. The number of carbonyl (C=O) groups excluding carboxylic acids is 1. The predicted octanol–water partition coefficient (Wildman–Crippen LogP) is 1.56. The number of aromatic nitrogens is 1. The van der Waals surface area contributed by atoms with E-state index in [9.17, 15) is 9.90 Å². The fraction of sp³-hybridized carbons (Fsp3) is 0.143. The zero-order chi connectivity index (χ0) is 8.43. The van der Waals surface area contributed by atoms with Crippen LogP contribution in [0.25, 0.3) is 0 Å². The van der Waals surface area contributed by atoms with E-state index in [2.05, 4.69) is 4.98 Å². The van der Waals surface area contributed by atoms with Crippen molar-refractivity contribution in [2.24, 2.45) is 0 Å². The molecule has 1 aromatic heterocycles. The number of carbonyl (C=O) groups is 1. The highest BCUT2D eigenvalue weighted by Crippen LogP contribution is 2.24. The Hall–Kier alpha value is -1.09. The molecule has 0 aliphatic heterocycles. The molecule has 0 unspecified atom stereocenters. The SMILES string of the molecule is Cc1ncc(Cl)c(C=O)c1O. The zero-order valence-electron chi connectivity index (χ0n) is 5.84. The molecule has 11 heavy (non-hydrogen) atoms. The van der Waals surface area contributed by atoms with Gasteiger partial charge in [0.2, 0.25) is 0 Å². The molecular weight excluding hydrogens is 166 g/mol. The van der Waals surface area contributed by atoms with E-state index in [1.54, 1.807) is 6.92 Å². The number of hydrogen-bond acceptors (Lipinski definition) is 3. The minimum atomic E-state index is -0.146. The van der Waals surface area contributed by atoms with Crippen molar-refractivity contribution in [3.05, 3.63) is 22.5 Å². The van der Waals surface area contributed by atoms with Gasteiger partial charge in [0, 0.05) is 6.20 Å². The third kappa shape index (κ3) is 1.33. The van der Waals surface area contributed by atoms with Crippen molar-refractivity contribution < 1.29 is 9.90 Å². The van der Waals surface area contributed by atoms with E-state index in [-0.39, 0.29) is 16.3 Å². The Morgan fingerprint density at radius 3 is 2.82 bits per heavy atom. The van der Waals surface area contributed by atoms with Crippen molar-refractivity contribution in [1.29, 1.82) is 0 Å². The first-order chi connectivity index (χ1) is 5.16. The molecule has 0 bridgehead atoms. The van der Waals surface area contributed by atoms with Crippen molar-refractivity contribution in [3.63, 3.8) is 0 Å². The first-order valence-electron chi connectivity index (χ1n) is 2.96. The second-order valence-corrected chi connectivity index (χ2v) is 2.48. The number of nitrogens with zero attached hydrogens (tertiary/aromatic N) is 1. The molecule has 0 fully saturated rings. The summed E-state index contributed by atoms with van der Waals surface area (Å²) in [5.74, 6) is -0.146. The first kappa shape index (κ1) is 8.01. The van der Waals surface area contributed by atoms with Gasteiger partial charge >= 0.3 is 0 Å². The molecule has 0 spiro atoms. The van der Waals surface area contributed by atoms with E-state index >= 15 is 0 Å². The molecule has 0 aliphatic carbocycles. The Balaban J connectivity index is 3.40. The van der Waals surface area contributed by atoms with Crippen molar-refractivity contribution in [2.45, 2.75) is 6.92 Å².